The Balaban J connectivity index is 1.95. The second kappa shape index (κ2) is 3.46. The first-order chi connectivity index (χ1) is 7.19. The summed E-state index contributed by atoms with van der Waals surface area (Å²) < 4.78 is 0. The van der Waals surface area contributed by atoms with Gasteiger partial charge in [0.25, 0.3) is 0 Å². The number of hydrogen-bond acceptors (Lipinski definition) is 2. The van der Waals surface area contributed by atoms with Crippen molar-refractivity contribution >= 4 is 0 Å². The molecule has 0 spiro atoms. The molecule has 2 nitrogen and oxygen atoms in total. The van der Waals surface area contributed by atoms with Crippen LogP contribution in [0.15, 0.2) is 0 Å². The van der Waals surface area contributed by atoms with Gasteiger partial charge >= 0.3 is 0 Å². The summed E-state index contributed by atoms with van der Waals surface area (Å²) >= 11 is 0. The summed E-state index contributed by atoms with van der Waals surface area (Å²) in [5, 5.41) is 20.8. The molecule has 3 aliphatic carbocycles. The van der Waals surface area contributed by atoms with Gasteiger partial charge in [0.05, 0.1) is 11.7 Å². The van der Waals surface area contributed by atoms with E-state index < -0.39 is 11.7 Å². The van der Waals surface area contributed by atoms with Gasteiger partial charge < -0.3 is 10.2 Å². The molecule has 3 aliphatic rings. The molecule has 0 aromatic rings. The quantitative estimate of drug-likeness (QED) is 0.642. The molecule has 4 bridgehead atoms. The molecule has 2 N–H and O–H groups in total. The van der Waals surface area contributed by atoms with E-state index in [9.17, 15) is 10.2 Å². The van der Waals surface area contributed by atoms with Gasteiger partial charge in [-0.15, -0.1) is 0 Å². The molecule has 86 valence electrons. The van der Waals surface area contributed by atoms with E-state index in [-0.39, 0.29) is 0 Å². The minimum atomic E-state index is -0.721. The third kappa shape index (κ3) is 1.53. The van der Waals surface area contributed by atoms with Crippen molar-refractivity contribution in [2.24, 2.45) is 17.8 Å². The number of hydrogen-bond donors (Lipinski definition) is 2. The molecule has 5 atom stereocenters. The number of rotatable bonds is 0. The molecule has 0 heterocycles. The Hall–Kier alpha value is -0.0800. The molecule has 0 saturated heterocycles. The zero-order chi connectivity index (χ0) is 10.5. The Bertz CT molecular complexity index is 251. The topological polar surface area (TPSA) is 40.5 Å². The molecule has 3 fully saturated rings. The van der Waals surface area contributed by atoms with Crippen molar-refractivity contribution in [3.63, 3.8) is 0 Å². The van der Waals surface area contributed by atoms with Crippen LogP contribution < -0.4 is 0 Å². The maximum absolute atomic E-state index is 10.6. The van der Waals surface area contributed by atoms with Crippen molar-refractivity contribution in [1.82, 2.24) is 0 Å². The largest absolute Gasteiger partial charge is 0.390 e. The van der Waals surface area contributed by atoms with Gasteiger partial charge in [-0.25, -0.2) is 0 Å². The number of aliphatic hydroxyl groups excluding tert-OH is 1. The SMILES string of the molecule is OC1C2CCCC3CCCC2CC1(O)C3. The summed E-state index contributed by atoms with van der Waals surface area (Å²) in [5.41, 5.74) is -0.721. The Morgan fingerprint density at radius 1 is 0.933 bits per heavy atom. The lowest BCUT2D eigenvalue weighted by Gasteiger charge is -2.34. The van der Waals surface area contributed by atoms with E-state index in [0.717, 1.165) is 19.3 Å². The van der Waals surface area contributed by atoms with Crippen LogP contribution >= 0.6 is 0 Å². The second-order valence-electron chi connectivity index (χ2n) is 6.11. The summed E-state index contributed by atoms with van der Waals surface area (Å²) in [6.45, 7) is 0. The van der Waals surface area contributed by atoms with Crippen LogP contribution in [0.2, 0.25) is 0 Å². The zero-order valence-electron chi connectivity index (χ0n) is 9.36. The highest BCUT2D eigenvalue weighted by Crippen LogP contribution is 2.51. The molecule has 0 radical (unpaired) electrons. The molecule has 0 aromatic carbocycles. The molecular formula is C13H22O2. The Morgan fingerprint density at radius 3 is 2.47 bits per heavy atom. The highest BCUT2D eigenvalue weighted by molar-refractivity contribution is 5.04. The summed E-state index contributed by atoms with van der Waals surface area (Å²) in [6, 6.07) is 0. The van der Waals surface area contributed by atoms with Crippen molar-refractivity contribution in [1.29, 1.82) is 0 Å². The highest BCUT2D eigenvalue weighted by atomic mass is 16.3. The predicted molar refractivity (Wildman–Crippen MR) is 58.4 cm³/mol. The van der Waals surface area contributed by atoms with E-state index in [0.29, 0.717) is 17.8 Å². The van der Waals surface area contributed by atoms with Crippen LogP contribution in [0.1, 0.15) is 51.4 Å². The molecule has 15 heavy (non-hydrogen) atoms. The fourth-order valence-corrected chi connectivity index (χ4v) is 4.46. The van der Waals surface area contributed by atoms with Crippen molar-refractivity contribution in [3.05, 3.63) is 0 Å². The van der Waals surface area contributed by atoms with Gasteiger partial charge in [-0.3, -0.25) is 0 Å². The number of aliphatic hydroxyl groups is 2. The Morgan fingerprint density at radius 2 is 1.67 bits per heavy atom. The Kier molecular flexibility index (Phi) is 2.33. The van der Waals surface area contributed by atoms with Crippen LogP contribution in [0.25, 0.3) is 0 Å². The highest BCUT2D eigenvalue weighted by Gasteiger charge is 2.53. The first-order valence-corrected chi connectivity index (χ1v) is 6.59. The molecule has 3 saturated carbocycles. The van der Waals surface area contributed by atoms with Crippen LogP contribution in [-0.4, -0.2) is 21.9 Å². The Labute approximate surface area is 91.7 Å². The minimum Gasteiger partial charge on any atom is -0.390 e. The van der Waals surface area contributed by atoms with E-state index in [2.05, 4.69) is 0 Å². The van der Waals surface area contributed by atoms with Crippen LogP contribution in [-0.2, 0) is 0 Å². The molecule has 0 aromatic heterocycles. The first-order valence-electron chi connectivity index (χ1n) is 6.59. The van der Waals surface area contributed by atoms with Gasteiger partial charge in [0.1, 0.15) is 0 Å². The normalized spacial score (nSPS) is 54.8. The average Bonchev–Trinajstić information content (AvgIpc) is 2.47. The van der Waals surface area contributed by atoms with Gasteiger partial charge in [0.2, 0.25) is 0 Å². The summed E-state index contributed by atoms with van der Waals surface area (Å²) in [7, 11) is 0. The summed E-state index contributed by atoms with van der Waals surface area (Å²) in [5.74, 6) is 1.67. The monoisotopic (exact) mass is 210 g/mol. The van der Waals surface area contributed by atoms with E-state index in [1.54, 1.807) is 0 Å². The third-order valence-corrected chi connectivity index (χ3v) is 5.16. The molecule has 0 aliphatic heterocycles. The fraction of sp³-hybridized carbons (Fsp3) is 1.00. The second-order valence-corrected chi connectivity index (χ2v) is 6.11. The lowest BCUT2D eigenvalue weighted by atomic mass is 9.79. The van der Waals surface area contributed by atoms with Crippen LogP contribution in [0.3, 0.4) is 0 Å². The van der Waals surface area contributed by atoms with Crippen LogP contribution in [0.5, 0.6) is 0 Å². The molecule has 2 heteroatoms. The fourth-order valence-electron chi connectivity index (χ4n) is 4.46. The summed E-state index contributed by atoms with van der Waals surface area (Å²) in [4.78, 5) is 0. The minimum absolute atomic E-state index is 0.397. The maximum Gasteiger partial charge on any atom is 0.0913 e. The predicted octanol–water partition coefficient (Wildman–Crippen LogP) is 2.09. The van der Waals surface area contributed by atoms with E-state index in [1.807, 2.05) is 0 Å². The lowest BCUT2D eigenvalue weighted by Crippen LogP contribution is -2.42. The van der Waals surface area contributed by atoms with Gasteiger partial charge in [-0.2, -0.15) is 0 Å². The van der Waals surface area contributed by atoms with Gasteiger partial charge in [-0.1, -0.05) is 25.7 Å². The van der Waals surface area contributed by atoms with E-state index in [1.165, 1.54) is 32.1 Å². The smallest absolute Gasteiger partial charge is 0.0913 e. The van der Waals surface area contributed by atoms with Gasteiger partial charge in [0, 0.05) is 0 Å². The first kappa shape index (κ1) is 10.1. The molecule has 5 unspecified atom stereocenters. The molecular weight excluding hydrogens is 188 g/mol. The van der Waals surface area contributed by atoms with Gasteiger partial charge in [-0.05, 0) is 43.4 Å². The standard InChI is InChI=1S/C13H22O2/c14-12-11-6-2-4-9-3-1-5-10(11)8-13(12,15)7-9/h9-12,14-15H,1-8H2. The van der Waals surface area contributed by atoms with Crippen LogP contribution in [0.4, 0.5) is 0 Å². The van der Waals surface area contributed by atoms with Crippen LogP contribution in [0, 0.1) is 17.8 Å². The van der Waals surface area contributed by atoms with Crippen molar-refractivity contribution in [2.75, 3.05) is 0 Å². The lowest BCUT2D eigenvalue weighted by molar-refractivity contribution is -0.0882. The van der Waals surface area contributed by atoms with Crippen molar-refractivity contribution < 1.29 is 10.2 Å². The van der Waals surface area contributed by atoms with E-state index >= 15 is 0 Å². The molecule has 3 rings (SSSR count). The average molecular weight is 210 g/mol. The third-order valence-electron chi connectivity index (χ3n) is 5.16. The zero-order valence-corrected chi connectivity index (χ0v) is 9.36. The number of fused-ring (bicyclic) bond motifs is 4. The summed E-state index contributed by atoms with van der Waals surface area (Å²) in [6.07, 6.45) is 8.81. The maximum atomic E-state index is 10.6. The molecule has 0 amide bonds. The van der Waals surface area contributed by atoms with Crippen molar-refractivity contribution in [3.8, 4) is 0 Å². The van der Waals surface area contributed by atoms with Gasteiger partial charge in [0.15, 0.2) is 0 Å². The van der Waals surface area contributed by atoms with Crippen molar-refractivity contribution in [2.45, 2.75) is 63.1 Å². The van der Waals surface area contributed by atoms with E-state index in [4.69, 9.17) is 0 Å².